The molecule has 3 aromatic carbocycles. The van der Waals surface area contributed by atoms with E-state index in [2.05, 4.69) is 15.5 Å². The molecule has 2 N–H and O–H groups in total. The van der Waals surface area contributed by atoms with Gasteiger partial charge in [0.15, 0.2) is 0 Å². The average molecular weight is 430 g/mol. The molecule has 6 heteroatoms. The van der Waals surface area contributed by atoms with Crippen LogP contribution in [0.2, 0.25) is 0 Å². The van der Waals surface area contributed by atoms with Crippen molar-refractivity contribution >= 4 is 23.1 Å². The molecule has 1 heterocycles. The highest BCUT2D eigenvalue weighted by molar-refractivity contribution is 6.04. The van der Waals surface area contributed by atoms with Crippen molar-refractivity contribution in [1.29, 1.82) is 0 Å². The molecule has 1 saturated heterocycles. The Bertz CT molecular complexity index is 1070. The van der Waals surface area contributed by atoms with Crippen molar-refractivity contribution < 1.29 is 14.3 Å². The van der Waals surface area contributed by atoms with Crippen molar-refractivity contribution in [3.63, 3.8) is 0 Å². The van der Waals surface area contributed by atoms with Crippen LogP contribution in [0.1, 0.15) is 23.7 Å². The van der Waals surface area contributed by atoms with E-state index in [4.69, 9.17) is 4.74 Å². The first-order valence-corrected chi connectivity index (χ1v) is 10.8. The Morgan fingerprint density at radius 2 is 1.72 bits per heavy atom. The third-order valence-corrected chi connectivity index (χ3v) is 5.39. The van der Waals surface area contributed by atoms with E-state index in [0.717, 1.165) is 36.6 Å². The number of anilines is 2. The first kappa shape index (κ1) is 21.6. The number of Topliss-reactive ketones (excluding diaryl/α,β-unsaturated/α-hetero) is 1. The van der Waals surface area contributed by atoms with E-state index in [0.29, 0.717) is 23.9 Å². The molecule has 0 aliphatic carbocycles. The minimum Gasteiger partial charge on any atom is -0.457 e. The highest BCUT2D eigenvalue weighted by atomic mass is 16.5. The van der Waals surface area contributed by atoms with Crippen molar-refractivity contribution in [3.05, 3.63) is 84.4 Å². The maximum Gasteiger partial charge on any atom is 0.255 e. The summed E-state index contributed by atoms with van der Waals surface area (Å²) in [5.74, 6) is 1.30. The molecule has 0 saturated carbocycles. The second kappa shape index (κ2) is 10.1. The summed E-state index contributed by atoms with van der Waals surface area (Å²) in [6.45, 7) is 3.82. The van der Waals surface area contributed by atoms with Gasteiger partial charge in [0.25, 0.3) is 5.91 Å². The molecule has 0 bridgehead atoms. The third kappa shape index (κ3) is 5.74. The van der Waals surface area contributed by atoms with Gasteiger partial charge >= 0.3 is 0 Å². The number of hydrogen-bond donors (Lipinski definition) is 2. The van der Waals surface area contributed by atoms with Crippen molar-refractivity contribution in [3.8, 4) is 11.5 Å². The van der Waals surface area contributed by atoms with E-state index in [1.807, 2.05) is 60.7 Å². The number of nitrogens with one attached hydrogen (secondary N) is 2. The highest BCUT2D eigenvalue weighted by Crippen LogP contribution is 2.24. The van der Waals surface area contributed by atoms with Gasteiger partial charge in [-0.05, 0) is 67.9 Å². The molecular formula is C26H27N3O3. The van der Waals surface area contributed by atoms with Crippen LogP contribution in [-0.4, -0.2) is 37.4 Å². The number of carbonyl (C=O) groups is 2. The van der Waals surface area contributed by atoms with Crippen LogP contribution in [-0.2, 0) is 4.79 Å². The van der Waals surface area contributed by atoms with Crippen LogP contribution >= 0.6 is 0 Å². The van der Waals surface area contributed by atoms with Gasteiger partial charge in [0.1, 0.15) is 17.3 Å². The molecular weight excluding hydrogens is 402 g/mol. The van der Waals surface area contributed by atoms with Gasteiger partial charge in [0, 0.05) is 36.1 Å². The molecule has 164 valence electrons. The van der Waals surface area contributed by atoms with Gasteiger partial charge in [-0.3, -0.25) is 9.59 Å². The first-order chi connectivity index (χ1) is 15.6. The first-order valence-electron chi connectivity index (χ1n) is 10.8. The van der Waals surface area contributed by atoms with E-state index in [1.165, 1.54) is 0 Å². The topological polar surface area (TPSA) is 70.7 Å². The summed E-state index contributed by atoms with van der Waals surface area (Å²) in [5, 5.41) is 6.24. The number of nitrogens with zero attached hydrogens (tertiary/aromatic N) is 1. The van der Waals surface area contributed by atoms with Gasteiger partial charge in [0.2, 0.25) is 0 Å². The standard InChI is InChI=1S/C26H27N3O3/c1-19(30)17-27-22-14-15-29(18-22)23-12-10-21(11-13-23)28-26(31)20-6-5-9-25(16-20)32-24-7-3-2-4-8-24/h2-13,16,22,27H,14-15,17-18H2,1H3,(H,28,31). The molecule has 1 fully saturated rings. The fourth-order valence-corrected chi connectivity index (χ4v) is 3.73. The summed E-state index contributed by atoms with van der Waals surface area (Å²) in [7, 11) is 0. The van der Waals surface area contributed by atoms with E-state index in [-0.39, 0.29) is 11.7 Å². The summed E-state index contributed by atoms with van der Waals surface area (Å²) < 4.78 is 5.82. The summed E-state index contributed by atoms with van der Waals surface area (Å²) in [4.78, 5) is 26.2. The van der Waals surface area contributed by atoms with Crippen LogP contribution in [0.3, 0.4) is 0 Å². The number of rotatable bonds is 8. The number of amides is 1. The molecule has 32 heavy (non-hydrogen) atoms. The lowest BCUT2D eigenvalue weighted by Gasteiger charge is -2.19. The molecule has 1 unspecified atom stereocenters. The van der Waals surface area contributed by atoms with Gasteiger partial charge in [0.05, 0.1) is 6.54 Å². The molecule has 1 aliphatic rings. The molecule has 1 aliphatic heterocycles. The maximum atomic E-state index is 12.7. The van der Waals surface area contributed by atoms with Crippen LogP contribution in [0.15, 0.2) is 78.9 Å². The second-order valence-corrected chi connectivity index (χ2v) is 7.96. The van der Waals surface area contributed by atoms with E-state index < -0.39 is 0 Å². The van der Waals surface area contributed by atoms with Gasteiger partial charge in [-0.25, -0.2) is 0 Å². The van der Waals surface area contributed by atoms with Crippen LogP contribution in [0.25, 0.3) is 0 Å². The molecule has 4 rings (SSSR count). The lowest BCUT2D eigenvalue weighted by molar-refractivity contribution is -0.116. The zero-order valence-electron chi connectivity index (χ0n) is 18.1. The fraction of sp³-hybridized carbons (Fsp3) is 0.231. The quantitative estimate of drug-likeness (QED) is 0.552. The zero-order valence-corrected chi connectivity index (χ0v) is 18.1. The monoisotopic (exact) mass is 429 g/mol. The Morgan fingerprint density at radius 1 is 0.969 bits per heavy atom. The Morgan fingerprint density at radius 3 is 2.47 bits per heavy atom. The smallest absolute Gasteiger partial charge is 0.255 e. The maximum absolute atomic E-state index is 12.7. The predicted molar refractivity (Wildman–Crippen MR) is 127 cm³/mol. The van der Waals surface area contributed by atoms with Crippen LogP contribution in [0, 0.1) is 0 Å². The number of hydrogen-bond acceptors (Lipinski definition) is 5. The van der Waals surface area contributed by atoms with Crippen LogP contribution in [0.4, 0.5) is 11.4 Å². The minimum atomic E-state index is -0.189. The summed E-state index contributed by atoms with van der Waals surface area (Å²) in [6, 6.07) is 24.8. The van der Waals surface area contributed by atoms with Gasteiger partial charge in [-0.1, -0.05) is 24.3 Å². The van der Waals surface area contributed by atoms with Crippen molar-refractivity contribution in [2.24, 2.45) is 0 Å². The zero-order chi connectivity index (χ0) is 22.3. The predicted octanol–water partition coefficient (Wildman–Crippen LogP) is 4.49. The van der Waals surface area contributed by atoms with E-state index >= 15 is 0 Å². The number of ether oxygens (including phenoxy) is 1. The van der Waals surface area contributed by atoms with Gasteiger partial charge in [-0.15, -0.1) is 0 Å². The SMILES string of the molecule is CC(=O)CNC1CCN(c2ccc(NC(=O)c3cccc(Oc4ccccc4)c3)cc2)C1. The van der Waals surface area contributed by atoms with Crippen LogP contribution in [0.5, 0.6) is 11.5 Å². The summed E-state index contributed by atoms with van der Waals surface area (Å²) >= 11 is 0. The number of benzene rings is 3. The summed E-state index contributed by atoms with van der Waals surface area (Å²) in [6.07, 6.45) is 1.01. The largest absolute Gasteiger partial charge is 0.457 e. The van der Waals surface area contributed by atoms with Crippen molar-refractivity contribution in [2.75, 3.05) is 29.9 Å². The van der Waals surface area contributed by atoms with E-state index in [9.17, 15) is 9.59 Å². The number of carbonyl (C=O) groups excluding carboxylic acids is 2. The van der Waals surface area contributed by atoms with E-state index in [1.54, 1.807) is 25.1 Å². The molecule has 0 aromatic heterocycles. The molecule has 0 radical (unpaired) electrons. The Kier molecular flexibility index (Phi) is 6.82. The average Bonchev–Trinajstić information content (AvgIpc) is 3.28. The summed E-state index contributed by atoms with van der Waals surface area (Å²) in [5.41, 5.74) is 2.37. The number of ketones is 1. The second-order valence-electron chi connectivity index (χ2n) is 7.96. The lowest BCUT2D eigenvalue weighted by atomic mass is 10.2. The number of para-hydroxylation sites is 1. The Balaban J connectivity index is 1.34. The molecule has 0 spiro atoms. The minimum absolute atomic E-state index is 0.153. The molecule has 1 amide bonds. The molecule has 3 aromatic rings. The highest BCUT2D eigenvalue weighted by Gasteiger charge is 2.22. The fourth-order valence-electron chi connectivity index (χ4n) is 3.73. The Hall–Kier alpha value is -3.64. The molecule has 1 atom stereocenters. The van der Waals surface area contributed by atoms with Gasteiger partial charge < -0.3 is 20.3 Å². The Labute approximate surface area is 188 Å². The normalized spacial score (nSPS) is 15.4. The van der Waals surface area contributed by atoms with Crippen LogP contribution < -0.4 is 20.3 Å². The third-order valence-electron chi connectivity index (χ3n) is 5.39. The van der Waals surface area contributed by atoms with Crippen molar-refractivity contribution in [2.45, 2.75) is 19.4 Å². The molecule has 6 nitrogen and oxygen atoms in total. The van der Waals surface area contributed by atoms with Gasteiger partial charge in [-0.2, -0.15) is 0 Å². The lowest BCUT2D eigenvalue weighted by Crippen LogP contribution is -2.35. The van der Waals surface area contributed by atoms with Crippen molar-refractivity contribution in [1.82, 2.24) is 5.32 Å².